The number of nitrogens with one attached hydrogen (secondary N) is 1. The number of carbonyl (C=O) groups is 2. The Morgan fingerprint density at radius 1 is 1.09 bits per heavy atom. The molecule has 6 nitrogen and oxygen atoms in total. The van der Waals surface area contributed by atoms with Gasteiger partial charge in [-0.15, -0.1) is 0 Å². The highest BCUT2D eigenvalue weighted by Gasteiger charge is 2.35. The van der Waals surface area contributed by atoms with Crippen LogP contribution < -0.4 is 15.6 Å². The summed E-state index contributed by atoms with van der Waals surface area (Å²) in [6.07, 6.45) is 0.693. The average molecular weight is 449 g/mol. The highest BCUT2D eigenvalue weighted by Crippen LogP contribution is 2.28. The van der Waals surface area contributed by atoms with Crippen LogP contribution >= 0.6 is 0 Å². The number of ether oxygens (including phenoxy) is 1. The first-order chi connectivity index (χ1) is 15.5. The predicted molar refractivity (Wildman–Crippen MR) is 131 cm³/mol. The van der Waals surface area contributed by atoms with Crippen LogP contribution in [0.2, 0.25) is 0 Å². The lowest BCUT2D eigenvalue weighted by Crippen LogP contribution is -2.56. The first kappa shape index (κ1) is 24.8. The number of fused-ring (bicyclic) bond motifs is 1. The zero-order valence-electron chi connectivity index (χ0n) is 20.7. The summed E-state index contributed by atoms with van der Waals surface area (Å²) in [6, 6.07) is 9.10. The molecule has 0 bridgehead atoms. The van der Waals surface area contributed by atoms with Crippen molar-refractivity contribution in [2.75, 3.05) is 13.2 Å². The van der Waals surface area contributed by atoms with Crippen LogP contribution in [0.3, 0.4) is 0 Å². The van der Waals surface area contributed by atoms with Gasteiger partial charge in [0.05, 0.1) is 12.6 Å². The topological polar surface area (TPSA) is 67.9 Å². The molecule has 0 fully saturated rings. The molecule has 2 aromatic rings. The molecule has 0 spiro atoms. The second-order valence-corrected chi connectivity index (χ2v) is 9.78. The van der Waals surface area contributed by atoms with Crippen molar-refractivity contribution in [1.29, 1.82) is 0 Å². The summed E-state index contributed by atoms with van der Waals surface area (Å²) in [5, 5.41) is 1.51. The van der Waals surface area contributed by atoms with Crippen molar-refractivity contribution in [3.63, 3.8) is 0 Å². The summed E-state index contributed by atoms with van der Waals surface area (Å²) >= 11 is 0. The van der Waals surface area contributed by atoms with E-state index in [2.05, 4.69) is 26.2 Å². The molecule has 2 aromatic carbocycles. The quantitative estimate of drug-likeness (QED) is 0.569. The monoisotopic (exact) mass is 449 g/mol. The number of rotatable bonds is 4. The van der Waals surface area contributed by atoms with Crippen molar-refractivity contribution in [3.8, 4) is 5.75 Å². The molecule has 3 rings (SSSR count). The second kappa shape index (κ2) is 10.00. The minimum absolute atomic E-state index is 0.200. The van der Waals surface area contributed by atoms with Crippen LogP contribution in [0.25, 0.3) is 0 Å². The van der Waals surface area contributed by atoms with Crippen LogP contribution in [-0.2, 0) is 4.65 Å². The van der Waals surface area contributed by atoms with Gasteiger partial charge in [0, 0.05) is 16.7 Å². The van der Waals surface area contributed by atoms with Gasteiger partial charge in [-0.05, 0) is 56.3 Å². The molecule has 1 radical (unpaired) electrons. The third kappa shape index (κ3) is 5.59. The van der Waals surface area contributed by atoms with Crippen LogP contribution in [0.5, 0.6) is 5.75 Å². The third-order valence-electron chi connectivity index (χ3n) is 5.95. The number of carbonyl (C=O) groups excluding carboxylic acids is 2. The first-order valence-electron chi connectivity index (χ1n) is 11.5. The van der Waals surface area contributed by atoms with Crippen molar-refractivity contribution in [2.45, 2.75) is 60.9 Å². The maximum absolute atomic E-state index is 13.7. The number of amides is 2. The number of hydrogen-bond donors (Lipinski definition) is 1. The van der Waals surface area contributed by atoms with E-state index in [0.29, 0.717) is 42.1 Å². The van der Waals surface area contributed by atoms with Gasteiger partial charge in [-0.3, -0.25) is 15.0 Å². The van der Waals surface area contributed by atoms with Gasteiger partial charge >= 0.3 is 7.48 Å². The van der Waals surface area contributed by atoms with E-state index in [0.717, 1.165) is 16.6 Å². The van der Waals surface area contributed by atoms with Gasteiger partial charge in [-0.2, -0.15) is 0 Å². The van der Waals surface area contributed by atoms with Crippen LogP contribution in [0.1, 0.15) is 71.5 Å². The molecular formula is C26H34BN2O4. The molecule has 0 aliphatic carbocycles. The average Bonchev–Trinajstić information content (AvgIpc) is 2.97. The first-order valence-corrected chi connectivity index (χ1v) is 11.5. The highest BCUT2D eigenvalue weighted by molar-refractivity contribution is 6.48. The van der Waals surface area contributed by atoms with E-state index in [4.69, 9.17) is 9.39 Å². The maximum Gasteiger partial charge on any atom is 0.334 e. The van der Waals surface area contributed by atoms with Crippen LogP contribution in [-0.4, -0.2) is 43.6 Å². The maximum atomic E-state index is 13.7. The van der Waals surface area contributed by atoms with Gasteiger partial charge in [-0.1, -0.05) is 51.0 Å². The SMILES string of the molecule is CC[C@@H](N(NC(=O)c1ccc2c(c1C)OCCO[B]2)C(=O)c1cc(C)cc(C)c1)C(C)(C)C. The third-order valence-corrected chi connectivity index (χ3v) is 5.95. The van der Waals surface area contributed by atoms with Crippen molar-refractivity contribution in [1.82, 2.24) is 10.4 Å². The van der Waals surface area contributed by atoms with E-state index in [1.54, 1.807) is 19.6 Å². The molecule has 2 amide bonds. The fourth-order valence-corrected chi connectivity index (χ4v) is 4.44. The van der Waals surface area contributed by atoms with Gasteiger partial charge in [0.2, 0.25) is 0 Å². The number of aryl methyl sites for hydroxylation is 2. The Labute approximate surface area is 197 Å². The normalized spacial score (nSPS) is 14.3. The molecular weight excluding hydrogens is 415 g/mol. The van der Waals surface area contributed by atoms with Gasteiger partial charge in [0.25, 0.3) is 11.8 Å². The molecule has 0 saturated carbocycles. The van der Waals surface area contributed by atoms with E-state index < -0.39 is 0 Å². The smallest absolute Gasteiger partial charge is 0.334 e. The van der Waals surface area contributed by atoms with Crippen molar-refractivity contribution in [2.24, 2.45) is 5.41 Å². The lowest BCUT2D eigenvalue weighted by molar-refractivity contribution is 0.0284. The van der Waals surface area contributed by atoms with Crippen molar-refractivity contribution >= 4 is 24.8 Å². The van der Waals surface area contributed by atoms with E-state index >= 15 is 0 Å². The molecule has 1 aliphatic rings. The molecule has 1 heterocycles. The molecule has 1 aliphatic heterocycles. The molecule has 175 valence electrons. The number of hydrogen-bond acceptors (Lipinski definition) is 4. The Morgan fingerprint density at radius 3 is 2.36 bits per heavy atom. The highest BCUT2D eigenvalue weighted by atomic mass is 16.5. The fourth-order valence-electron chi connectivity index (χ4n) is 4.44. The molecule has 1 N–H and O–H groups in total. The predicted octanol–water partition coefficient (Wildman–Crippen LogP) is 3.88. The Bertz CT molecular complexity index is 1030. The molecule has 33 heavy (non-hydrogen) atoms. The van der Waals surface area contributed by atoms with Gasteiger partial charge in [-0.25, -0.2) is 5.01 Å². The minimum Gasteiger partial charge on any atom is -0.491 e. The number of nitrogens with zero attached hydrogens (tertiary/aromatic N) is 1. The molecule has 1 atom stereocenters. The van der Waals surface area contributed by atoms with Crippen LogP contribution in [0.4, 0.5) is 0 Å². The van der Waals surface area contributed by atoms with E-state index in [1.807, 2.05) is 45.9 Å². The van der Waals surface area contributed by atoms with E-state index in [-0.39, 0.29) is 23.3 Å². The van der Waals surface area contributed by atoms with Crippen molar-refractivity contribution < 1.29 is 19.0 Å². The minimum atomic E-state index is -0.343. The summed E-state index contributed by atoms with van der Waals surface area (Å²) in [4.78, 5) is 27.2. The molecule has 7 heteroatoms. The summed E-state index contributed by atoms with van der Waals surface area (Å²) < 4.78 is 11.2. The van der Waals surface area contributed by atoms with Crippen LogP contribution in [0.15, 0.2) is 30.3 Å². The Balaban J connectivity index is 1.99. The zero-order chi connectivity index (χ0) is 24.3. The Kier molecular flexibility index (Phi) is 7.53. The number of benzene rings is 2. The summed E-state index contributed by atoms with van der Waals surface area (Å²) in [6.45, 7) is 14.9. The van der Waals surface area contributed by atoms with Gasteiger partial charge < -0.3 is 9.39 Å². The fraction of sp³-hybridized carbons (Fsp3) is 0.462. The van der Waals surface area contributed by atoms with Gasteiger partial charge in [0.1, 0.15) is 12.4 Å². The number of hydrazine groups is 1. The van der Waals surface area contributed by atoms with E-state index in [9.17, 15) is 9.59 Å². The largest absolute Gasteiger partial charge is 0.491 e. The standard InChI is InChI=1S/C26H34BN2O4/c1-8-22(26(5,6)7)29(25(31)19-14-16(2)13-17(3)15-19)28-24(30)20-9-10-21-23(18(20)4)32-11-12-33-27-21/h9-10,13-15,22H,8,11-12H2,1-7H3,(H,28,30)/t22-/m1/s1. The van der Waals surface area contributed by atoms with E-state index in [1.165, 1.54) is 5.01 Å². The molecule has 0 saturated heterocycles. The zero-order valence-corrected chi connectivity index (χ0v) is 20.7. The lowest BCUT2D eigenvalue weighted by atomic mass is 9.84. The summed E-state index contributed by atoms with van der Waals surface area (Å²) in [5.41, 5.74) is 7.25. The summed E-state index contributed by atoms with van der Waals surface area (Å²) in [5.74, 6) is 0.0713. The van der Waals surface area contributed by atoms with Crippen LogP contribution in [0, 0.1) is 26.2 Å². The Hall–Kier alpha value is -2.80. The molecule has 0 aromatic heterocycles. The summed E-state index contributed by atoms with van der Waals surface area (Å²) in [7, 11) is 1.65. The van der Waals surface area contributed by atoms with Gasteiger partial charge in [0.15, 0.2) is 0 Å². The van der Waals surface area contributed by atoms with Crippen molar-refractivity contribution in [3.05, 3.63) is 58.1 Å². The lowest BCUT2D eigenvalue weighted by Gasteiger charge is -2.39. The molecule has 0 unspecified atom stereocenters. The Morgan fingerprint density at radius 2 is 1.76 bits per heavy atom. The second-order valence-electron chi connectivity index (χ2n) is 9.78.